The highest BCUT2D eigenvalue weighted by atomic mass is 32.2. The number of thioether (sulfide) groups is 1. The van der Waals surface area contributed by atoms with Crippen molar-refractivity contribution in [2.24, 2.45) is 0 Å². The molecule has 2 heterocycles. The molecule has 1 atom stereocenters. The Morgan fingerprint density at radius 2 is 1.96 bits per heavy atom. The number of benzene rings is 1. The van der Waals surface area contributed by atoms with Crippen LogP contribution in [0, 0.1) is 0 Å². The van der Waals surface area contributed by atoms with E-state index in [1.165, 1.54) is 0 Å². The zero-order valence-electron chi connectivity index (χ0n) is 13.4. The second-order valence-electron chi connectivity index (χ2n) is 5.69. The molecule has 1 aromatic carbocycles. The Kier molecular flexibility index (Phi) is 5.19. The van der Waals surface area contributed by atoms with Gasteiger partial charge in [-0.1, -0.05) is 54.3 Å². The van der Waals surface area contributed by atoms with Gasteiger partial charge < -0.3 is 9.90 Å². The molecule has 0 aromatic heterocycles. The van der Waals surface area contributed by atoms with Crippen molar-refractivity contribution >= 4 is 58.1 Å². The molecule has 134 valence electrons. The van der Waals surface area contributed by atoms with Gasteiger partial charge in [0.1, 0.15) is 10.4 Å². The van der Waals surface area contributed by atoms with E-state index in [4.69, 9.17) is 12.2 Å². The zero-order chi connectivity index (χ0) is 18.8. The van der Waals surface area contributed by atoms with E-state index in [1.54, 1.807) is 6.08 Å². The summed E-state index contributed by atoms with van der Waals surface area (Å²) in [7, 11) is 0. The Morgan fingerprint density at radius 1 is 1.27 bits per heavy atom. The number of imide groups is 1. The summed E-state index contributed by atoms with van der Waals surface area (Å²) in [5.41, 5.74) is 0.817. The minimum absolute atomic E-state index is 0.199. The Balaban J connectivity index is 1.79. The highest BCUT2D eigenvalue weighted by molar-refractivity contribution is 8.26. The maximum Gasteiger partial charge on any atom is 0.266 e. The molecule has 0 aliphatic carbocycles. The minimum Gasteiger partial charge on any atom is -0.550 e. The molecule has 2 aliphatic rings. The first kappa shape index (κ1) is 18.3. The lowest BCUT2D eigenvalue weighted by Crippen LogP contribution is -2.44. The van der Waals surface area contributed by atoms with Crippen LogP contribution in [0.1, 0.15) is 18.4 Å². The summed E-state index contributed by atoms with van der Waals surface area (Å²) in [6.07, 6.45) is 1.02. The fourth-order valence-corrected chi connectivity index (χ4v) is 4.11. The van der Waals surface area contributed by atoms with Crippen LogP contribution in [0.4, 0.5) is 0 Å². The molecule has 0 N–H and O–H groups in total. The number of carboxylic acid groups (broad SMARTS) is 1. The molecule has 0 spiro atoms. The Labute approximate surface area is 158 Å². The molecule has 26 heavy (non-hydrogen) atoms. The zero-order valence-corrected chi connectivity index (χ0v) is 15.0. The van der Waals surface area contributed by atoms with Gasteiger partial charge in [0.25, 0.3) is 11.8 Å². The number of nitrogens with zero attached hydrogens (tertiary/aromatic N) is 2. The molecule has 0 bridgehead atoms. The molecule has 7 nitrogen and oxygen atoms in total. The number of carbonyl (C=O) groups is 4. The Hall–Kier alpha value is -2.52. The van der Waals surface area contributed by atoms with Crippen LogP contribution in [-0.2, 0) is 19.2 Å². The summed E-state index contributed by atoms with van der Waals surface area (Å²) >= 11 is 6.29. The van der Waals surface area contributed by atoms with Crippen LogP contribution in [0.15, 0.2) is 35.2 Å². The maximum absolute atomic E-state index is 12.7. The number of rotatable bonds is 5. The van der Waals surface area contributed by atoms with Crippen LogP contribution in [-0.4, -0.2) is 50.4 Å². The summed E-state index contributed by atoms with van der Waals surface area (Å²) in [4.78, 5) is 50.2. The van der Waals surface area contributed by atoms with E-state index in [0.29, 0.717) is 4.91 Å². The van der Waals surface area contributed by atoms with Gasteiger partial charge in [0.05, 0.1) is 11.3 Å². The van der Waals surface area contributed by atoms with Crippen molar-refractivity contribution in [1.29, 1.82) is 0 Å². The predicted octanol–water partition coefficient (Wildman–Crippen LogP) is 0.155. The van der Waals surface area contributed by atoms with E-state index in [0.717, 1.165) is 27.1 Å². The minimum atomic E-state index is -1.36. The largest absolute Gasteiger partial charge is 0.550 e. The lowest BCUT2D eigenvalue weighted by Gasteiger charge is -2.21. The van der Waals surface area contributed by atoms with Crippen LogP contribution in [0.5, 0.6) is 0 Å². The van der Waals surface area contributed by atoms with Crippen molar-refractivity contribution < 1.29 is 24.3 Å². The average molecular weight is 389 g/mol. The fraction of sp³-hybridized carbons (Fsp3) is 0.235. The lowest BCUT2D eigenvalue weighted by molar-refractivity contribution is -0.305. The normalized spacial score (nSPS) is 22.0. The summed E-state index contributed by atoms with van der Waals surface area (Å²) in [6, 6.07) is 8.16. The van der Waals surface area contributed by atoms with Gasteiger partial charge in [-0.2, -0.15) is 0 Å². The number of carbonyl (C=O) groups excluding carboxylic acids is 4. The molecular formula is C17H13N2O5S2-. The number of amides is 3. The Bertz CT molecular complexity index is 837. The third kappa shape index (κ3) is 3.54. The third-order valence-corrected chi connectivity index (χ3v) is 5.32. The number of likely N-dealkylation sites (tertiary alicyclic amines) is 1. The molecule has 1 aromatic rings. The standard InChI is InChI=1S/C17H14N2O5S2/c20-13-9-11(15(23)18(13)7-6-14(21)22)19-16(24)12(26-17(19)25)8-10-4-2-1-3-5-10/h1-5,8,11H,6-7,9H2,(H,21,22)/p-1/b12-8+/t11-/m0/s1. The molecule has 2 aliphatic heterocycles. The number of hydrogen-bond acceptors (Lipinski definition) is 7. The van der Waals surface area contributed by atoms with Crippen LogP contribution in [0.3, 0.4) is 0 Å². The molecule has 0 radical (unpaired) electrons. The van der Waals surface area contributed by atoms with E-state index in [2.05, 4.69) is 0 Å². The van der Waals surface area contributed by atoms with E-state index in [-0.39, 0.29) is 17.3 Å². The molecule has 0 unspecified atom stereocenters. The molecule has 9 heteroatoms. The van der Waals surface area contributed by atoms with Crippen molar-refractivity contribution in [3.8, 4) is 0 Å². The molecule has 3 amide bonds. The SMILES string of the molecule is O=C([O-])CCN1C(=O)C[C@H](N2C(=O)/C(=C\c3ccccc3)SC2=S)C1=O. The third-order valence-electron chi connectivity index (χ3n) is 3.99. The van der Waals surface area contributed by atoms with Crippen LogP contribution in [0.2, 0.25) is 0 Å². The highest BCUT2D eigenvalue weighted by Crippen LogP contribution is 2.36. The van der Waals surface area contributed by atoms with Gasteiger partial charge >= 0.3 is 0 Å². The summed E-state index contributed by atoms with van der Waals surface area (Å²) in [5.74, 6) is -2.93. The van der Waals surface area contributed by atoms with Crippen molar-refractivity contribution in [3.63, 3.8) is 0 Å². The van der Waals surface area contributed by atoms with Crippen molar-refractivity contribution in [1.82, 2.24) is 9.80 Å². The predicted molar refractivity (Wildman–Crippen MR) is 96.2 cm³/mol. The second kappa shape index (κ2) is 7.38. The first-order valence-electron chi connectivity index (χ1n) is 7.74. The van der Waals surface area contributed by atoms with Crippen LogP contribution >= 0.6 is 24.0 Å². The topological polar surface area (TPSA) is 97.8 Å². The first-order chi connectivity index (χ1) is 12.4. The average Bonchev–Trinajstić information content (AvgIpc) is 3.02. The van der Waals surface area contributed by atoms with Crippen molar-refractivity contribution in [2.75, 3.05) is 6.54 Å². The number of aliphatic carboxylic acids is 1. The van der Waals surface area contributed by atoms with Gasteiger partial charge in [0.15, 0.2) is 0 Å². The number of carboxylic acids is 1. The summed E-state index contributed by atoms with van der Waals surface area (Å²) in [5, 5.41) is 10.6. The van der Waals surface area contributed by atoms with Gasteiger partial charge in [0, 0.05) is 18.9 Å². The van der Waals surface area contributed by atoms with E-state index >= 15 is 0 Å². The number of thiocarbonyl (C=S) groups is 1. The highest BCUT2D eigenvalue weighted by Gasteiger charge is 2.48. The molecule has 3 rings (SSSR count). The van der Waals surface area contributed by atoms with Crippen LogP contribution < -0.4 is 5.11 Å². The molecular weight excluding hydrogens is 376 g/mol. The maximum atomic E-state index is 12.7. The van der Waals surface area contributed by atoms with Crippen molar-refractivity contribution in [2.45, 2.75) is 18.9 Å². The monoisotopic (exact) mass is 389 g/mol. The second-order valence-corrected chi connectivity index (χ2v) is 7.36. The quantitative estimate of drug-likeness (QED) is 0.402. The van der Waals surface area contributed by atoms with E-state index < -0.39 is 36.2 Å². The summed E-state index contributed by atoms with van der Waals surface area (Å²) < 4.78 is 0.199. The van der Waals surface area contributed by atoms with Gasteiger partial charge in [-0.15, -0.1) is 0 Å². The number of hydrogen-bond donors (Lipinski definition) is 0. The first-order valence-corrected chi connectivity index (χ1v) is 8.97. The molecule has 2 fully saturated rings. The fourth-order valence-electron chi connectivity index (χ4n) is 2.75. The van der Waals surface area contributed by atoms with Crippen molar-refractivity contribution in [3.05, 3.63) is 40.8 Å². The summed E-state index contributed by atoms with van der Waals surface area (Å²) in [6.45, 7) is -0.273. The van der Waals surface area contributed by atoms with Gasteiger partial charge in [-0.3, -0.25) is 24.2 Å². The van der Waals surface area contributed by atoms with Gasteiger partial charge in [-0.05, 0) is 11.6 Å². The Morgan fingerprint density at radius 3 is 2.62 bits per heavy atom. The molecule has 2 saturated heterocycles. The van der Waals surface area contributed by atoms with Crippen LogP contribution in [0.25, 0.3) is 6.08 Å². The lowest BCUT2D eigenvalue weighted by atomic mass is 10.2. The smallest absolute Gasteiger partial charge is 0.266 e. The van der Waals surface area contributed by atoms with Gasteiger partial charge in [0.2, 0.25) is 5.91 Å². The molecule has 0 saturated carbocycles. The van der Waals surface area contributed by atoms with E-state index in [1.807, 2.05) is 30.3 Å². The van der Waals surface area contributed by atoms with Gasteiger partial charge in [-0.25, -0.2) is 0 Å². The van der Waals surface area contributed by atoms with E-state index in [9.17, 15) is 24.3 Å².